The maximum atomic E-state index is 12.2. The molecule has 0 aliphatic rings. The minimum atomic E-state index is -1.22. The smallest absolute Gasteiger partial charge is 0.305 e. The molecule has 0 saturated heterocycles. The Morgan fingerprint density at radius 1 is 1.17 bits per heavy atom. The minimum absolute atomic E-state index is 0.0664. The molecule has 23 heavy (non-hydrogen) atoms. The van der Waals surface area contributed by atoms with Crippen LogP contribution < -0.4 is 10.6 Å². The number of aliphatic carboxylic acids is 1. The number of phenolic OH excluding ortho intramolecular Hbond substituents is 1. The molecular weight excluding hydrogens is 304 g/mol. The molecular formula is C15H18N2O6. The number of carbonyl (C=O) groups excluding carboxylic acids is 3. The highest BCUT2D eigenvalue weighted by atomic mass is 16.4. The van der Waals surface area contributed by atoms with Gasteiger partial charge in [0, 0.05) is 13.3 Å². The van der Waals surface area contributed by atoms with Crippen molar-refractivity contribution < 1.29 is 29.4 Å². The Balaban J connectivity index is 2.81. The van der Waals surface area contributed by atoms with E-state index in [0.29, 0.717) is 11.8 Å². The second-order valence-corrected chi connectivity index (χ2v) is 4.97. The molecule has 0 saturated carbocycles. The predicted molar refractivity (Wildman–Crippen MR) is 79.7 cm³/mol. The van der Waals surface area contributed by atoms with Crippen LogP contribution in [0.25, 0.3) is 0 Å². The molecule has 124 valence electrons. The predicted octanol–water partition coefficient (Wildman–Crippen LogP) is -0.402. The summed E-state index contributed by atoms with van der Waals surface area (Å²) in [6.45, 7) is 1.24. The maximum absolute atomic E-state index is 12.2. The highest BCUT2D eigenvalue weighted by Crippen LogP contribution is 2.11. The molecule has 4 N–H and O–H groups in total. The third-order valence-electron chi connectivity index (χ3n) is 2.96. The van der Waals surface area contributed by atoms with Gasteiger partial charge < -0.3 is 25.6 Å². The highest BCUT2D eigenvalue weighted by Gasteiger charge is 2.23. The number of aldehydes is 1. The Labute approximate surface area is 132 Å². The normalized spacial score (nSPS) is 12.7. The molecule has 8 heteroatoms. The van der Waals surface area contributed by atoms with Gasteiger partial charge in [-0.1, -0.05) is 12.1 Å². The van der Waals surface area contributed by atoms with Crippen LogP contribution in [0.3, 0.4) is 0 Å². The quantitative estimate of drug-likeness (QED) is 0.481. The lowest BCUT2D eigenvalue weighted by molar-refractivity contribution is -0.139. The first-order valence-corrected chi connectivity index (χ1v) is 6.84. The summed E-state index contributed by atoms with van der Waals surface area (Å²) in [5, 5.41) is 22.6. The fourth-order valence-corrected chi connectivity index (χ4v) is 1.93. The van der Waals surface area contributed by atoms with E-state index >= 15 is 0 Å². The zero-order valence-electron chi connectivity index (χ0n) is 12.5. The van der Waals surface area contributed by atoms with E-state index in [4.69, 9.17) is 5.11 Å². The molecule has 1 aromatic rings. The van der Waals surface area contributed by atoms with Gasteiger partial charge in [-0.2, -0.15) is 0 Å². The monoisotopic (exact) mass is 322 g/mol. The van der Waals surface area contributed by atoms with Crippen molar-refractivity contribution in [1.29, 1.82) is 0 Å². The van der Waals surface area contributed by atoms with Crippen LogP contribution in [0.1, 0.15) is 18.9 Å². The van der Waals surface area contributed by atoms with Crippen LogP contribution in [-0.2, 0) is 25.6 Å². The Hall–Kier alpha value is -2.90. The number of carboxylic acids is 1. The van der Waals surface area contributed by atoms with Crippen LogP contribution >= 0.6 is 0 Å². The molecule has 0 aromatic heterocycles. The van der Waals surface area contributed by atoms with E-state index in [1.54, 1.807) is 12.1 Å². The number of phenols is 1. The van der Waals surface area contributed by atoms with Gasteiger partial charge in [0.05, 0.1) is 12.5 Å². The first kappa shape index (κ1) is 18.1. The van der Waals surface area contributed by atoms with Crippen molar-refractivity contribution in [2.75, 3.05) is 0 Å². The summed E-state index contributed by atoms with van der Waals surface area (Å²) >= 11 is 0. The van der Waals surface area contributed by atoms with E-state index in [1.165, 1.54) is 19.1 Å². The van der Waals surface area contributed by atoms with Crippen LogP contribution in [0, 0.1) is 0 Å². The number of amides is 2. The second-order valence-electron chi connectivity index (χ2n) is 4.97. The number of nitrogens with one attached hydrogen (secondary N) is 2. The van der Waals surface area contributed by atoms with Crippen LogP contribution in [0.2, 0.25) is 0 Å². The summed E-state index contributed by atoms with van der Waals surface area (Å²) in [6.07, 6.45) is -0.0804. The molecule has 1 rings (SSSR count). The summed E-state index contributed by atoms with van der Waals surface area (Å²) in [7, 11) is 0. The van der Waals surface area contributed by atoms with Gasteiger partial charge in [-0.05, 0) is 17.7 Å². The second kappa shape index (κ2) is 8.52. The molecule has 2 amide bonds. The maximum Gasteiger partial charge on any atom is 0.305 e. The Kier molecular flexibility index (Phi) is 6.72. The van der Waals surface area contributed by atoms with Crippen molar-refractivity contribution in [3.8, 4) is 5.75 Å². The van der Waals surface area contributed by atoms with Crippen molar-refractivity contribution in [3.63, 3.8) is 0 Å². The zero-order chi connectivity index (χ0) is 17.4. The zero-order valence-corrected chi connectivity index (χ0v) is 12.5. The van der Waals surface area contributed by atoms with E-state index < -0.39 is 36.3 Å². The summed E-state index contributed by atoms with van der Waals surface area (Å²) in [5.74, 6) is -2.26. The standard InChI is InChI=1S/C15H18N2O6/c1-9(19)16-13(6-10-2-4-12(20)5-3-10)15(23)17-11(8-18)7-14(21)22/h2-5,8,11,13,20H,6-7H2,1H3,(H,16,19)(H,17,23)(H,21,22)/t11-,13-/m0/s1. The Morgan fingerprint density at radius 2 is 1.78 bits per heavy atom. The number of hydrogen-bond acceptors (Lipinski definition) is 5. The van der Waals surface area contributed by atoms with E-state index in [9.17, 15) is 24.3 Å². The fraction of sp³-hybridized carbons (Fsp3) is 0.333. The molecule has 2 atom stereocenters. The van der Waals surface area contributed by atoms with Crippen LogP contribution in [-0.4, -0.2) is 46.4 Å². The van der Waals surface area contributed by atoms with Crippen molar-refractivity contribution in [2.24, 2.45) is 0 Å². The number of hydrogen-bond donors (Lipinski definition) is 4. The SMILES string of the molecule is CC(=O)N[C@@H](Cc1ccc(O)cc1)C(=O)N[C@H](C=O)CC(=O)O. The van der Waals surface area contributed by atoms with Crippen LogP contribution in [0.15, 0.2) is 24.3 Å². The van der Waals surface area contributed by atoms with Crippen LogP contribution in [0.5, 0.6) is 5.75 Å². The van der Waals surface area contributed by atoms with Gasteiger partial charge in [0.15, 0.2) is 0 Å². The van der Waals surface area contributed by atoms with Gasteiger partial charge in [0.1, 0.15) is 18.1 Å². The lowest BCUT2D eigenvalue weighted by Crippen LogP contribution is -2.51. The van der Waals surface area contributed by atoms with Crippen molar-refractivity contribution >= 4 is 24.1 Å². The van der Waals surface area contributed by atoms with Crippen molar-refractivity contribution in [2.45, 2.75) is 31.8 Å². The minimum Gasteiger partial charge on any atom is -0.508 e. The number of aromatic hydroxyl groups is 1. The van der Waals surface area contributed by atoms with Crippen molar-refractivity contribution in [3.05, 3.63) is 29.8 Å². The topological polar surface area (TPSA) is 133 Å². The van der Waals surface area contributed by atoms with Gasteiger partial charge in [0.2, 0.25) is 11.8 Å². The van der Waals surface area contributed by atoms with E-state index in [1.807, 2.05) is 0 Å². The molecule has 0 radical (unpaired) electrons. The fourth-order valence-electron chi connectivity index (χ4n) is 1.93. The molecule has 0 aliphatic heterocycles. The largest absolute Gasteiger partial charge is 0.508 e. The number of rotatable bonds is 8. The molecule has 0 fully saturated rings. The Bertz CT molecular complexity index is 584. The summed E-state index contributed by atoms with van der Waals surface area (Å²) in [6, 6.07) is 3.93. The summed E-state index contributed by atoms with van der Waals surface area (Å²) in [4.78, 5) is 44.9. The van der Waals surface area contributed by atoms with Gasteiger partial charge in [-0.15, -0.1) is 0 Å². The summed E-state index contributed by atoms with van der Waals surface area (Å²) in [5.41, 5.74) is 0.678. The Morgan fingerprint density at radius 3 is 2.26 bits per heavy atom. The average molecular weight is 322 g/mol. The van der Waals surface area contributed by atoms with E-state index in [-0.39, 0.29) is 12.2 Å². The average Bonchev–Trinajstić information content (AvgIpc) is 2.47. The molecule has 0 aliphatic carbocycles. The lowest BCUT2D eigenvalue weighted by atomic mass is 10.0. The lowest BCUT2D eigenvalue weighted by Gasteiger charge is -2.20. The van der Waals surface area contributed by atoms with Gasteiger partial charge in [-0.3, -0.25) is 14.4 Å². The first-order valence-electron chi connectivity index (χ1n) is 6.84. The highest BCUT2D eigenvalue weighted by molar-refractivity contribution is 5.89. The first-order chi connectivity index (χ1) is 10.8. The molecule has 0 heterocycles. The number of carboxylic acid groups (broad SMARTS) is 1. The molecule has 0 bridgehead atoms. The molecule has 0 spiro atoms. The third kappa shape index (κ3) is 6.60. The molecule has 1 aromatic carbocycles. The molecule has 0 unspecified atom stereocenters. The number of carbonyl (C=O) groups is 4. The van der Waals surface area contributed by atoms with Gasteiger partial charge in [0.25, 0.3) is 0 Å². The summed E-state index contributed by atoms with van der Waals surface area (Å²) < 4.78 is 0. The number of benzene rings is 1. The van der Waals surface area contributed by atoms with Gasteiger partial charge in [-0.25, -0.2) is 0 Å². The van der Waals surface area contributed by atoms with Crippen LogP contribution in [0.4, 0.5) is 0 Å². The van der Waals surface area contributed by atoms with E-state index in [0.717, 1.165) is 0 Å². The molecule has 8 nitrogen and oxygen atoms in total. The van der Waals surface area contributed by atoms with E-state index in [2.05, 4.69) is 10.6 Å². The van der Waals surface area contributed by atoms with Crippen molar-refractivity contribution in [1.82, 2.24) is 10.6 Å². The van der Waals surface area contributed by atoms with Gasteiger partial charge >= 0.3 is 5.97 Å². The third-order valence-corrected chi connectivity index (χ3v) is 2.96.